The van der Waals surface area contributed by atoms with Crippen LogP contribution in [0, 0.1) is 5.82 Å². The molecular weight excluding hydrogens is 347 g/mol. The summed E-state index contributed by atoms with van der Waals surface area (Å²) in [5.41, 5.74) is 9.79. The lowest BCUT2D eigenvalue weighted by Gasteiger charge is -2.07. The molecule has 0 saturated carbocycles. The minimum absolute atomic E-state index is 0.329. The molecule has 3 aromatic carbocycles. The van der Waals surface area contributed by atoms with E-state index in [1.807, 2.05) is 12.1 Å². The van der Waals surface area contributed by atoms with Crippen molar-refractivity contribution < 1.29 is 4.39 Å². The Labute approximate surface area is 156 Å². The third-order valence-electron chi connectivity index (χ3n) is 4.89. The second kappa shape index (κ2) is 7.10. The molecule has 0 radical (unpaired) electrons. The van der Waals surface area contributed by atoms with E-state index in [4.69, 9.17) is 17.3 Å². The SMILES string of the molecule is NCCCCc1c(-c2ccc(F)cc2Cl)[nH]c2c1ccc1ccccc12. The van der Waals surface area contributed by atoms with Gasteiger partial charge in [-0.25, -0.2) is 4.39 Å². The largest absolute Gasteiger partial charge is 0.354 e. The van der Waals surface area contributed by atoms with E-state index in [1.165, 1.54) is 33.9 Å². The summed E-state index contributed by atoms with van der Waals surface area (Å²) in [6.45, 7) is 0.678. The summed E-state index contributed by atoms with van der Waals surface area (Å²) in [6.07, 6.45) is 2.87. The predicted molar refractivity (Wildman–Crippen MR) is 108 cm³/mol. The molecule has 0 fully saturated rings. The van der Waals surface area contributed by atoms with Gasteiger partial charge in [0.05, 0.1) is 16.2 Å². The molecule has 0 aliphatic rings. The number of halogens is 2. The summed E-state index contributed by atoms with van der Waals surface area (Å²) in [5.74, 6) is -0.329. The maximum absolute atomic E-state index is 13.5. The number of nitrogens with two attached hydrogens (primary N) is 1. The van der Waals surface area contributed by atoms with Crippen LogP contribution in [0.3, 0.4) is 0 Å². The van der Waals surface area contributed by atoms with Crippen LogP contribution in [0.4, 0.5) is 4.39 Å². The van der Waals surface area contributed by atoms with E-state index < -0.39 is 0 Å². The maximum Gasteiger partial charge on any atom is 0.124 e. The van der Waals surface area contributed by atoms with Crippen LogP contribution in [-0.4, -0.2) is 11.5 Å². The number of unbranched alkanes of at least 4 members (excludes halogenated alkanes) is 1. The van der Waals surface area contributed by atoms with Gasteiger partial charge in [-0.3, -0.25) is 0 Å². The van der Waals surface area contributed by atoms with Crippen molar-refractivity contribution in [3.05, 3.63) is 71.0 Å². The second-order valence-corrected chi connectivity index (χ2v) is 6.96. The summed E-state index contributed by atoms with van der Waals surface area (Å²) in [6, 6.07) is 17.2. The minimum Gasteiger partial charge on any atom is -0.354 e. The van der Waals surface area contributed by atoms with Crippen molar-refractivity contribution in [2.45, 2.75) is 19.3 Å². The van der Waals surface area contributed by atoms with Crippen LogP contribution in [-0.2, 0) is 6.42 Å². The highest BCUT2D eigenvalue weighted by molar-refractivity contribution is 6.33. The van der Waals surface area contributed by atoms with Gasteiger partial charge in [0.2, 0.25) is 0 Å². The van der Waals surface area contributed by atoms with Crippen LogP contribution in [0.5, 0.6) is 0 Å². The second-order valence-electron chi connectivity index (χ2n) is 6.56. The Bertz CT molecular complexity index is 1080. The number of hydrogen-bond donors (Lipinski definition) is 2. The van der Waals surface area contributed by atoms with Crippen molar-refractivity contribution in [3.8, 4) is 11.3 Å². The van der Waals surface area contributed by atoms with Gasteiger partial charge in [-0.15, -0.1) is 0 Å². The standard InChI is InChI=1S/C22H20ClFN2/c23-20-13-15(24)9-11-19(20)22-17(7-3-4-12-25)18-10-8-14-5-1-2-6-16(14)21(18)26-22/h1-2,5-6,8-11,13,26H,3-4,7,12,25H2. The molecule has 0 unspecified atom stereocenters. The zero-order chi connectivity index (χ0) is 18.1. The fourth-order valence-corrected chi connectivity index (χ4v) is 3.88. The van der Waals surface area contributed by atoms with Gasteiger partial charge in [0.15, 0.2) is 0 Å². The van der Waals surface area contributed by atoms with Crippen molar-refractivity contribution >= 4 is 33.3 Å². The number of aryl methyl sites for hydroxylation is 1. The quantitative estimate of drug-likeness (QED) is 0.414. The molecule has 4 heteroatoms. The number of fused-ring (bicyclic) bond motifs is 3. The zero-order valence-electron chi connectivity index (χ0n) is 14.4. The van der Waals surface area contributed by atoms with Crippen LogP contribution in [0.2, 0.25) is 5.02 Å². The molecule has 0 saturated heterocycles. The highest BCUT2D eigenvalue weighted by atomic mass is 35.5. The van der Waals surface area contributed by atoms with E-state index in [0.29, 0.717) is 11.6 Å². The number of nitrogens with one attached hydrogen (secondary N) is 1. The van der Waals surface area contributed by atoms with Crippen molar-refractivity contribution in [3.63, 3.8) is 0 Å². The Hall–Kier alpha value is -2.36. The van der Waals surface area contributed by atoms with E-state index in [2.05, 4.69) is 29.2 Å². The summed E-state index contributed by atoms with van der Waals surface area (Å²) in [4.78, 5) is 3.57. The lowest BCUT2D eigenvalue weighted by atomic mass is 9.98. The van der Waals surface area contributed by atoms with E-state index in [0.717, 1.165) is 36.0 Å². The lowest BCUT2D eigenvalue weighted by molar-refractivity contribution is 0.628. The maximum atomic E-state index is 13.5. The number of benzene rings is 3. The summed E-state index contributed by atoms with van der Waals surface area (Å²) < 4.78 is 13.5. The molecular formula is C22H20ClFN2. The molecule has 3 N–H and O–H groups in total. The first-order valence-electron chi connectivity index (χ1n) is 8.87. The smallest absolute Gasteiger partial charge is 0.124 e. The monoisotopic (exact) mass is 366 g/mol. The van der Waals surface area contributed by atoms with Gasteiger partial charge >= 0.3 is 0 Å². The molecule has 132 valence electrons. The van der Waals surface area contributed by atoms with Crippen LogP contribution in [0.1, 0.15) is 18.4 Å². The molecule has 4 rings (SSSR count). The molecule has 26 heavy (non-hydrogen) atoms. The van der Waals surface area contributed by atoms with Crippen LogP contribution < -0.4 is 5.73 Å². The molecule has 1 heterocycles. The van der Waals surface area contributed by atoms with Gasteiger partial charge in [0.25, 0.3) is 0 Å². The molecule has 0 aliphatic heterocycles. The molecule has 2 nitrogen and oxygen atoms in total. The summed E-state index contributed by atoms with van der Waals surface area (Å²) >= 11 is 6.36. The van der Waals surface area contributed by atoms with Crippen molar-refractivity contribution in [1.82, 2.24) is 4.98 Å². The third-order valence-corrected chi connectivity index (χ3v) is 5.20. The Morgan fingerprint density at radius 1 is 0.962 bits per heavy atom. The molecule has 1 aromatic heterocycles. The Balaban J connectivity index is 1.97. The normalized spacial score (nSPS) is 11.5. The van der Waals surface area contributed by atoms with Crippen molar-refractivity contribution in [2.75, 3.05) is 6.54 Å². The molecule has 0 aliphatic carbocycles. The molecule has 0 atom stereocenters. The molecule has 4 aromatic rings. The number of aromatic nitrogens is 1. The van der Waals surface area contributed by atoms with Gasteiger partial charge in [0.1, 0.15) is 5.82 Å². The van der Waals surface area contributed by atoms with Gasteiger partial charge in [-0.05, 0) is 55.0 Å². The van der Waals surface area contributed by atoms with Crippen molar-refractivity contribution in [2.24, 2.45) is 5.73 Å². The lowest BCUT2D eigenvalue weighted by Crippen LogP contribution is -1.99. The Kier molecular flexibility index (Phi) is 4.66. The van der Waals surface area contributed by atoms with E-state index >= 15 is 0 Å². The highest BCUT2D eigenvalue weighted by Crippen LogP contribution is 2.38. The van der Waals surface area contributed by atoms with Gasteiger partial charge < -0.3 is 10.7 Å². The van der Waals surface area contributed by atoms with Crippen LogP contribution in [0.25, 0.3) is 32.9 Å². The first-order valence-corrected chi connectivity index (χ1v) is 9.24. The molecule has 0 spiro atoms. The van der Waals surface area contributed by atoms with E-state index in [-0.39, 0.29) is 5.82 Å². The highest BCUT2D eigenvalue weighted by Gasteiger charge is 2.17. The third kappa shape index (κ3) is 2.98. The Morgan fingerprint density at radius 3 is 2.62 bits per heavy atom. The number of H-pyrrole nitrogens is 1. The van der Waals surface area contributed by atoms with Gasteiger partial charge in [0, 0.05) is 16.3 Å². The number of rotatable bonds is 5. The minimum atomic E-state index is -0.329. The molecule has 0 bridgehead atoms. The number of hydrogen-bond acceptors (Lipinski definition) is 1. The first kappa shape index (κ1) is 17.1. The van der Waals surface area contributed by atoms with Gasteiger partial charge in [-0.1, -0.05) is 48.0 Å². The van der Waals surface area contributed by atoms with Crippen LogP contribution >= 0.6 is 11.6 Å². The summed E-state index contributed by atoms with van der Waals surface area (Å²) in [7, 11) is 0. The molecule has 0 amide bonds. The van der Waals surface area contributed by atoms with Crippen LogP contribution in [0.15, 0.2) is 54.6 Å². The summed E-state index contributed by atoms with van der Waals surface area (Å²) in [5, 5.41) is 3.97. The topological polar surface area (TPSA) is 41.8 Å². The van der Waals surface area contributed by atoms with Gasteiger partial charge in [-0.2, -0.15) is 0 Å². The zero-order valence-corrected chi connectivity index (χ0v) is 15.1. The fraction of sp³-hybridized carbons (Fsp3) is 0.182. The first-order chi connectivity index (χ1) is 12.7. The van der Waals surface area contributed by atoms with Crippen molar-refractivity contribution in [1.29, 1.82) is 0 Å². The van der Waals surface area contributed by atoms with E-state index in [9.17, 15) is 4.39 Å². The average molecular weight is 367 g/mol. The predicted octanol–water partition coefficient (Wildman–Crippen LogP) is 6.06. The van der Waals surface area contributed by atoms with E-state index in [1.54, 1.807) is 6.07 Å². The number of aromatic amines is 1. The average Bonchev–Trinajstić information content (AvgIpc) is 3.01. The fourth-order valence-electron chi connectivity index (χ4n) is 3.62. The Morgan fingerprint density at radius 2 is 1.81 bits per heavy atom.